The minimum absolute atomic E-state index is 0.164. The average Bonchev–Trinajstić information content (AvgIpc) is 3.31. The van der Waals surface area contributed by atoms with Crippen LogP contribution in [0.25, 0.3) is 0 Å². The summed E-state index contributed by atoms with van der Waals surface area (Å²) in [5, 5.41) is 12.5. The Morgan fingerprint density at radius 2 is 1.83 bits per heavy atom. The van der Waals surface area contributed by atoms with Crippen molar-refractivity contribution in [2.45, 2.75) is 47.8 Å². The topological polar surface area (TPSA) is 82.2 Å². The Kier molecular flexibility index (Phi) is 7.19. The van der Waals surface area contributed by atoms with Gasteiger partial charge in [0, 0.05) is 0 Å². The molecule has 0 saturated carbocycles. The monoisotopic (exact) mass is 512 g/mol. The van der Waals surface area contributed by atoms with E-state index in [4.69, 9.17) is 32.5 Å². The Morgan fingerprint density at radius 3 is 2.57 bits per heavy atom. The fourth-order valence-corrected chi connectivity index (χ4v) is 4.09. The van der Waals surface area contributed by atoms with Gasteiger partial charge in [0.15, 0.2) is 5.69 Å². The van der Waals surface area contributed by atoms with E-state index in [1.807, 2.05) is 56.6 Å². The second kappa shape index (κ2) is 10.1. The zero-order valence-electron chi connectivity index (χ0n) is 20.2. The molecular weight excluding hydrogens is 487 g/mol. The number of benzene rings is 2. The van der Waals surface area contributed by atoms with Crippen LogP contribution in [0, 0.1) is 34.6 Å². The zero-order valence-corrected chi connectivity index (χ0v) is 21.7. The van der Waals surface area contributed by atoms with Crippen molar-refractivity contribution in [1.82, 2.24) is 14.9 Å². The number of carbonyl (C=O) groups excluding carboxylic acids is 1. The molecule has 9 heteroatoms. The summed E-state index contributed by atoms with van der Waals surface area (Å²) in [6, 6.07) is 11.4. The van der Waals surface area contributed by atoms with Crippen LogP contribution in [0.1, 0.15) is 49.9 Å². The normalized spacial score (nSPS) is 11.1. The van der Waals surface area contributed by atoms with E-state index >= 15 is 0 Å². The lowest BCUT2D eigenvalue weighted by molar-refractivity contribution is 0.101. The number of hydrogen-bond donors (Lipinski definition) is 1. The maximum atomic E-state index is 13.2. The Hall–Kier alpha value is -3.29. The summed E-state index contributed by atoms with van der Waals surface area (Å²) >= 11 is 12.2. The van der Waals surface area contributed by atoms with Crippen LogP contribution >= 0.6 is 23.2 Å². The largest absolute Gasteiger partial charge is 0.488 e. The molecule has 2 aromatic carbocycles. The van der Waals surface area contributed by atoms with E-state index in [0.717, 1.165) is 28.1 Å². The van der Waals surface area contributed by atoms with Crippen molar-refractivity contribution in [2.24, 2.45) is 0 Å². The molecule has 0 aliphatic rings. The molecule has 1 N–H and O–H groups in total. The number of anilines is 1. The summed E-state index contributed by atoms with van der Waals surface area (Å²) < 4.78 is 13.1. The quantitative estimate of drug-likeness (QED) is 0.301. The SMILES string of the molecule is Cc1ccc(C)c(OCc2c(C(=O)Nc3c(C)nn(Cc4ccc(Cl)c(Cl)c4)c3C)noc2C)c1. The number of halogens is 2. The van der Waals surface area contributed by atoms with E-state index in [0.29, 0.717) is 39.3 Å². The second-order valence-electron chi connectivity index (χ2n) is 8.53. The molecule has 4 aromatic rings. The smallest absolute Gasteiger partial charge is 0.278 e. The highest BCUT2D eigenvalue weighted by Crippen LogP contribution is 2.26. The van der Waals surface area contributed by atoms with Gasteiger partial charge in [-0.05, 0) is 69.5 Å². The maximum Gasteiger partial charge on any atom is 0.278 e. The van der Waals surface area contributed by atoms with Gasteiger partial charge in [-0.2, -0.15) is 5.10 Å². The molecule has 0 saturated heterocycles. The number of hydrogen-bond acceptors (Lipinski definition) is 5. The third-order valence-electron chi connectivity index (χ3n) is 5.85. The van der Waals surface area contributed by atoms with E-state index < -0.39 is 0 Å². The molecule has 0 atom stereocenters. The highest BCUT2D eigenvalue weighted by Gasteiger charge is 2.23. The number of aryl methyl sites for hydroxylation is 4. The number of carbonyl (C=O) groups is 1. The van der Waals surface area contributed by atoms with Gasteiger partial charge in [-0.3, -0.25) is 9.48 Å². The fraction of sp³-hybridized carbons (Fsp3) is 0.269. The van der Waals surface area contributed by atoms with Gasteiger partial charge in [-0.15, -0.1) is 0 Å². The summed E-state index contributed by atoms with van der Waals surface area (Å²) in [5.74, 6) is 0.901. The number of ether oxygens (including phenoxy) is 1. The van der Waals surface area contributed by atoms with Crippen molar-refractivity contribution in [2.75, 3.05) is 5.32 Å². The van der Waals surface area contributed by atoms with Gasteiger partial charge in [0.1, 0.15) is 18.1 Å². The van der Waals surface area contributed by atoms with Gasteiger partial charge in [0.2, 0.25) is 0 Å². The van der Waals surface area contributed by atoms with Crippen molar-refractivity contribution >= 4 is 34.8 Å². The van der Waals surface area contributed by atoms with Crippen molar-refractivity contribution in [3.63, 3.8) is 0 Å². The van der Waals surface area contributed by atoms with Crippen LogP contribution in [0.15, 0.2) is 40.9 Å². The molecule has 0 fully saturated rings. The molecule has 4 rings (SSSR count). The molecule has 2 aromatic heterocycles. The molecule has 7 nitrogen and oxygen atoms in total. The van der Waals surface area contributed by atoms with E-state index in [-0.39, 0.29) is 18.2 Å². The zero-order chi connectivity index (χ0) is 25.3. The van der Waals surface area contributed by atoms with Crippen LogP contribution in [0.5, 0.6) is 5.75 Å². The van der Waals surface area contributed by atoms with Crippen LogP contribution in [0.2, 0.25) is 10.0 Å². The summed E-state index contributed by atoms with van der Waals surface area (Å²) in [5.41, 5.74) is 5.94. The summed E-state index contributed by atoms with van der Waals surface area (Å²) in [4.78, 5) is 13.2. The third-order valence-corrected chi connectivity index (χ3v) is 6.59. The number of nitrogens with zero attached hydrogens (tertiary/aromatic N) is 3. The van der Waals surface area contributed by atoms with Gasteiger partial charge in [0.05, 0.1) is 39.2 Å². The molecule has 0 bridgehead atoms. The lowest BCUT2D eigenvalue weighted by Crippen LogP contribution is -2.16. The maximum absolute atomic E-state index is 13.2. The van der Waals surface area contributed by atoms with Crippen LogP contribution in [-0.2, 0) is 13.2 Å². The number of aromatic nitrogens is 3. The molecule has 182 valence electrons. The van der Waals surface area contributed by atoms with Crippen LogP contribution < -0.4 is 10.1 Å². The van der Waals surface area contributed by atoms with E-state index in [1.54, 1.807) is 19.1 Å². The fourth-order valence-electron chi connectivity index (χ4n) is 3.77. The van der Waals surface area contributed by atoms with Crippen LogP contribution in [-0.4, -0.2) is 20.8 Å². The number of rotatable bonds is 7. The minimum atomic E-state index is -0.387. The van der Waals surface area contributed by atoms with Gasteiger partial charge in [-0.1, -0.05) is 46.6 Å². The number of amides is 1. The molecule has 0 spiro atoms. The molecule has 2 heterocycles. The number of nitrogens with one attached hydrogen (secondary N) is 1. The average molecular weight is 513 g/mol. The first-order valence-electron chi connectivity index (χ1n) is 11.1. The van der Waals surface area contributed by atoms with Gasteiger partial charge >= 0.3 is 0 Å². The van der Waals surface area contributed by atoms with Crippen molar-refractivity contribution in [3.05, 3.63) is 91.5 Å². The van der Waals surface area contributed by atoms with Gasteiger partial charge in [-0.25, -0.2) is 0 Å². The minimum Gasteiger partial charge on any atom is -0.488 e. The van der Waals surface area contributed by atoms with Gasteiger partial charge < -0.3 is 14.6 Å². The first-order chi connectivity index (χ1) is 16.6. The molecule has 0 aliphatic heterocycles. The Morgan fingerprint density at radius 1 is 1.06 bits per heavy atom. The van der Waals surface area contributed by atoms with Crippen molar-refractivity contribution < 1.29 is 14.1 Å². The van der Waals surface area contributed by atoms with Crippen LogP contribution in [0.3, 0.4) is 0 Å². The Labute approximate surface area is 214 Å². The van der Waals surface area contributed by atoms with E-state index in [9.17, 15) is 4.79 Å². The molecule has 1 amide bonds. The molecule has 0 aliphatic carbocycles. The molecular formula is C26H26Cl2N4O3. The van der Waals surface area contributed by atoms with Crippen molar-refractivity contribution in [3.8, 4) is 5.75 Å². The van der Waals surface area contributed by atoms with Crippen LogP contribution in [0.4, 0.5) is 5.69 Å². The third kappa shape index (κ3) is 5.36. The first-order valence-corrected chi connectivity index (χ1v) is 11.8. The predicted molar refractivity (Wildman–Crippen MR) is 137 cm³/mol. The predicted octanol–water partition coefficient (Wildman–Crippen LogP) is 6.60. The lowest BCUT2D eigenvalue weighted by atomic mass is 10.1. The molecule has 0 radical (unpaired) electrons. The molecule has 0 unspecified atom stereocenters. The van der Waals surface area contributed by atoms with E-state index in [1.165, 1.54) is 0 Å². The van der Waals surface area contributed by atoms with Gasteiger partial charge in [0.25, 0.3) is 5.91 Å². The lowest BCUT2D eigenvalue weighted by Gasteiger charge is -2.11. The first kappa shape index (κ1) is 24.8. The second-order valence-corrected chi connectivity index (χ2v) is 9.34. The summed E-state index contributed by atoms with van der Waals surface area (Å²) in [6.45, 7) is 10.1. The highest BCUT2D eigenvalue weighted by molar-refractivity contribution is 6.42. The van der Waals surface area contributed by atoms with E-state index in [2.05, 4.69) is 15.6 Å². The Balaban J connectivity index is 1.52. The summed E-state index contributed by atoms with van der Waals surface area (Å²) in [6.07, 6.45) is 0. The summed E-state index contributed by atoms with van der Waals surface area (Å²) in [7, 11) is 0. The standard InChI is InChI=1S/C26H26Cl2N4O3/c1-14-6-7-15(2)23(10-14)34-13-20-18(5)35-31-25(20)26(33)29-24-16(3)30-32(17(24)4)12-19-8-9-21(27)22(28)11-19/h6-11H,12-13H2,1-5H3,(H,29,33). The molecule has 35 heavy (non-hydrogen) atoms. The highest BCUT2D eigenvalue weighted by atomic mass is 35.5. The Bertz CT molecular complexity index is 1410. The van der Waals surface area contributed by atoms with Crippen molar-refractivity contribution in [1.29, 1.82) is 0 Å².